The summed E-state index contributed by atoms with van der Waals surface area (Å²) in [6, 6.07) is 0. The molecular weight excluding hydrogens is 224 g/mol. The lowest BCUT2D eigenvalue weighted by atomic mass is 10.5. The van der Waals surface area contributed by atoms with Crippen LogP contribution >= 0.6 is 0 Å². The van der Waals surface area contributed by atoms with Crippen molar-refractivity contribution in [3.63, 3.8) is 0 Å². The third-order valence-corrected chi connectivity index (χ3v) is 3.47. The molecule has 1 heterocycles. The van der Waals surface area contributed by atoms with E-state index in [-0.39, 0.29) is 6.61 Å². The lowest BCUT2D eigenvalue weighted by molar-refractivity contribution is 0.156. The van der Waals surface area contributed by atoms with Crippen LogP contribution in [0.15, 0.2) is 0 Å². The Morgan fingerprint density at radius 2 is 2.08 bits per heavy atom. The van der Waals surface area contributed by atoms with Crippen LogP contribution < -0.4 is 0 Å². The van der Waals surface area contributed by atoms with Crippen LogP contribution in [-0.2, 0) is 33.1 Å². The Morgan fingerprint density at radius 1 is 1.46 bits per heavy atom. The first kappa shape index (κ1) is 10.9. The van der Waals surface area contributed by atoms with E-state index in [0.29, 0.717) is 0 Å². The van der Waals surface area contributed by atoms with Crippen molar-refractivity contribution >= 4 is 20.5 Å². The molecule has 0 aromatic heterocycles. The summed E-state index contributed by atoms with van der Waals surface area (Å²) in [6.45, 7) is -0.301. The zero-order chi connectivity index (χ0) is 10.1. The minimum Gasteiger partial charge on any atom is -0.267 e. The largest absolute Gasteiger partial charge is 0.399 e. The molecule has 0 amide bonds. The standard InChI is InChI=1S/C4H8O7S2/c1-9-13(7,8)11-4-2-10-12(5,6)3-4/h4H,2-3H2,1H3. The maximum absolute atomic E-state index is 10.7. The van der Waals surface area contributed by atoms with Crippen molar-refractivity contribution in [3.8, 4) is 0 Å². The molecule has 0 N–H and O–H groups in total. The van der Waals surface area contributed by atoms with Gasteiger partial charge in [-0.15, -0.1) is 0 Å². The maximum atomic E-state index is 10.7. The van der Waals surface area contributed by atoms with E-state index in [2.05, 4.69) is 12.5 Å². The van der Waals surface area contributed by atoms with Gasteiger partial charge >= 0.3 is 10.4 Å². The molecule has 1 aliphatic heterocycles. The number of rotatable bonds is 3. The number of hydrogen-bond donors (Lipinski definition) is 0. The summed E-state index contributed by atoms with van der Waals surface area (Å²) in [5.41, 5.74) is 0. The second-order valence-electron chi connectivity index (χ2n) is 2.30. The van der Waals surface area contributed by atoms with Crippen molar-refractivity contribution in [1.29, 1.82) is 0 Å². The summed E-state index contributed by atoms with van der Waals surface area (Å²) in [5, 5.41) is 0. The van der Waals surface area contributed by atoms with Gasteiger partial charge in [0.05, 0.1) is 13.7 Å². The topological polar surface area (TPSA) is 96.0 Å². The van der Waals surface area contributed by atoms with Gasteiger partial charge in [0.2, 0.25) is 0 Å². The van der Waals surface area contributed by atoms with Crippen molar-refractivity contribution in [2.45, 2.75) is 6.10 Å². The fraction of sp³-hybridized carbons (Fsp3) is 1.00. The van der Waals surface area contributed by atoms with Crippen molar-refractivity contribution in [1.82, 2.24) is 0 Å². The Morgan fingerprint density at radius 3 is 2.46 bits per heavy atom. The van der Waals surface area contributed by atoms with E-state index in [1.54, 1.807) is 0 Å². The van der Waals surface area contributed by atoms with Gasteiger partial charge in [0.15, 0.2) is 0 Å². The maximum Gasteiger partial charge on any atom is 0.399 e. The monoisotopic (exact) mass is 232 g/mol. The Hall–Kier alpha value is -0.220. The molecule has 0 aromatic carbocycles. The van der Waals surface area contributed by atoms with Crippen LogP contribution in [0.1, 0.15) is 0 Å². The molecule has 1 saturated heterocycles. The zero-order valence-electron chi connectivity index (χ0n) is 6.67. The Balaban J connectivity index is 2.60. The van der Waals surface area contributed by atoms with Gasteiger partial charge in [0, 0.05) is 0 Å². The van der Waals surface area contributed by atoms with Gasteiger partial charge < -0.3 is 0 Å². The van der Waals surface area contributed by atoms with Gasteiger partial charge in [-0.3, -0.25) is 8.37 Å². The summed E-state index contributed by atoms with van der Waals surface area (Å²) in [5.74, 6) is -0.477. The molecule has 0 spiro atoms. The van der Waals surface area contributed by atoms with E-state index in [9.17, 15) is 16.8 Å². The van der Waals surface area contributed by atoms with E-state index in [0.717, 1.165) is 7.11 Å². The van der Waals surface area contributed by atoms with Crippen molar-refractivity contribution < 1.29 is 29.4 Å². The average Bonchev–Trinajstić information content (AvgIpc) is 2.29. The average molecular weight is 232 g/mol. The third-order valence-electron chi connectivity index (χ3n) is 1.28. The first-order chi connectivity index (χ1) is 5.85. The molecule has 1 atom stereocenters. The SMILES string of the molecule is COS(=O)(=O)OC1COS(=O)(=O)C1. The minimum atomic E-state index is -4.10. The van der Waals surface area contributed by atoms with E-state index < -0.39 is 32.4 Å². The zero-order valence-corrected chi connectivity index (χ0v) is 8.30. The van der Waals surface area contributed by atoms with Crippen LogP contribution in [0.25, 0.3) is 0 Å². The minimum absolute atomic E-state index is 0.301. The van der Waals surface area contributed by atoms with Crippen LogP contribution in [0.2, 0.25) is 0 Å². The smallest absolute Gasteiger partial charge is 0.267 e. The Labute approximate surface area is 76.0 Å². The first-order valence-corrected chi connectivity index (χ1v) is 6.12. The molecule has 0 saturated carbocycles. The summed E-state index contributed by atoms with van der Waals surface area (Å²) >= 11 is 0. The second kappa shape index (κ2) is 3.50. The molecule has 0 radical (unpaired) electrons. The molecule has 0 bridgehead atoms. The second-order valence-corrected chi connectivity index (χ2v) is 5.33. The lowest BCUT2D eigenvalue weighted by Crippen LogP contribution is -2.22. The normalized spacial score (nSPS) is 27.6. The third kappa shape index (κ3) is 3.19. The van der Waals surface area contributed by atoms with Crippen LogP contribution in [0.4, 0.5) is 0 Å². The van der Waals surface area contributed by atoms with E-state index in [4.69, 9.17) is 0 Å². The van der Waals surface area contributed by atoms with Gasteiger partial charge in [-0.1, -0.05) is 0 Å². The predicted molar refractivity (Wildman–Crippen MR) is 40.5 cm³/mol. The predicted octanol–water partition coefficient (Wildman–Crippen LogP) is -1.38. The van der Waals surface area contributed by atoms with Crippen LogP contribution in [0.5, 0.6) is 0 Å². The van der Waals surface area contributed by atoms with E-state index >= 15 is 0 Å². The highest BCUT2D eigenvalue weighted by molar-refractivity contribution is 7.87. The molecule has 1 aliphatic rings. The molecule has 0 aromatic rings. The summed E-state index contributed by atoms with van der Waals surface area (Å²) in [7, 11) is -6.80. The van der Waals surface area contributed by atoms with Crippen LogP contribution in [0.3, 0.4) is 0 Å². The number of hydrogen-bond acceptors (Lipinski definition) is 7. The molecule has 13 heavy (non-hydrogen) atoms. The van der Waals surface area contributed by atoms with E-state index in [1.807, 2.05) is 0 Å². The Bertz CT molecular complexity index is 365. The highest BCUT2D eigenvalue weighted by Gasteiger charge is 2.33. The summed E-state index contributed by atoms with van der Waals surface area (Å²) in [4.78, 5) is 0. The molecule has 0 aliphatic carbocycles. The molecule has 1 fully saturated rings. The van der Waals surface area contributed by atoms with E-state index in [1.165, 1.54) is 0 Å². The van der Waals surface area contributed by atoms with Gasteiger partial charge in [-0.25, -0.2) is 4.18 Å². The fourth-order valence-corrected chi connectivity index (χ4v) is 2.46. The lowest BCUT2D eigenvalue weighted by Gasteiger charge is -2.05. The molecule has 1 rings (SSSR count). The quantitative estimate of drug-likeness (QED) is 0.553. The molecule has 9 heteroatoms. The van der Waals surface area contributed by atoms with Gasteiger partial charge in [0.1, 0.15) is 11.9 Å². The summed E-state index contributed by atoms with van der Waals surface area (Å²) in [6.07, 6.45) is -1.02. The first-order valence-electron chi connectivity index (χ1n) is 3.20. The molecule has 1 unspecified atom stereocenters. The highest BCUT2D eigenvalue weighted by Crippen LogP contribution is 2.13. The van der Waals surface area contributed by atoms with Crippen LogP contribution in [-0.4, -0.2) is 42.4 Å². The van der Waals surface area contributed by atoms with Crippen molar-refractivity contribution in [3.05, 3.63) is 0 Å². The van der Waals surface area contributed by atoms with Crippen molar-refractivity contribution in [2.75, 3.05) is 19.5 Å². The van der Waals surface area contributed by atoms with Crippen molar-refractivity contribution in [2.24, 2.45) is 0 Å². The van der Waals surface area contributed by atoms with Crippen LogP contribution in [0, 0.1) is 0 Å². The van der Waals surface area contributed by atoms with Gasteiger partial charge in [0.25, 0.3) is 10.1 Å². The molecule has 7 nitrogen and oxygen atoms in total. The molecular formula is C4H8O7S2. The molecule has 78 valence electrons. The highest BCUT2D eigenvalue weighted by atomic mass is 32.3. The van der Waals surface area contributed by atoms with Gasteiger partial charge in [-0.05, 0) is 0 Å². The fourth-order valence-electron chi connectivity index (χ4n) is 0.765. The Kier molecular flexibility index (Phi) is 2.92. The van der Waals surface area contributed by atoms with Gasteiger partial charge in [-0.2, -0.15) is 16.8 Å². The summed E-state index contributed by atoms with van der Waals surface area (Å²) < 4.78 is 55.3.